The third-order valence-corrected chi connectivity index (χ3v) is 3.15. The van der Waals surface area contributed by atoms with E-state index in [1.807, 2.05) is 0 Å². The second-order valence-electron chi connectivity index (χ2n) is 5.40. The van der Waals surface area contributed by atoms with E-state index in [2.05, 4.69) is 15.6 Å². The molecule has 1 aromatic heterocycles. The second kappa shape index (κ2) is 7.85. The van der Waals surface area contributed by atoms with Crippen LogP contribution < -0.4 is 10.1 Å². The van der Waals surface area contributed by atoms with Gasteiger partial charge in [-0.1, -0.05) is 17.3 Å². The number of alkyl halides is 3. The Balaban J connectivity index is 1.97. The summed E-state index contributed by atoms with van der Waals surface area (Å²) < 4.78 is 42.8. The third-order valence-electron chi connectivity index (χ3n) is 3.15. The molecule has 8 nitrogen and oxygen atoms in total. The minimum Gasteiger partial charge on any atom is -0.484 e. The van der Waals surface area contributed by atoms with Crippen molar-refractivity contribution in [2.24, 2.45) is 0 Å². The van der Waals surface area contributed by atoms with Crippen molar-refractivity contribution >= 4 is 11.9 Å². The largest absolute Gasteiger partial charge is 0.484 e. The number of nitrogens with zero attached hydrogens (tertiary/aromatic N) is 3. The van der Waals surface area contributed by atoms with Gasteiger partial charge in [-0.05, 0) is 18.6 Å². The average molecular weight is 372 g/mol. The Bertz CT molecular complexity index is 804. The summed E-state index contributed by atoms with van der Waals surface area (Å²) in [5, 5.41) is 18.1. The van der Waals surface area contributed by atoms with E-state index in [4.69, 9.17) is 9.84 Å². The Hall–Kier alpha value is -3.11. The van der Waals surface area contributed by atoms with Gasteiger partial charge in [-0.3, -0.25) is 4.79 Å². The molecule has 1 aromatic carbocycles. The number of aromatic nitrogens is 3. The highest BCUT2D eigenvalue weighted by Gasteiger charge is 2.28. The van der Waals surface area contributed by atoms with Crippen molar-refractivity contribution < 1.29 is 32.6 Å². The first-order valence-electron chi connectivity index (χ1n) is 7.33. The van der Waals surface area contributed by atoms with E-state index in [-0.39, 0.29) is 24.5 Å². The summed E-state index contributed by atoms with van der Waals surface area (Å²) in [5.41, 5.74) is 0.776. The molecule has 0 aliphatic carbocycles. The van der Waals surface area contributed by atoms with Crippen LogP contribution in [-0.4, -0.2) is 44.8 Å². The fourth-order valence-corrected chi connectivity index (χ4v) is 1.97. The molecule has 2 rings (SSSR count). The van der Waals surface area contributed by atoms with E-state index in [9.17, 15) is 22.8 Å². The maximum absolute atomic E-state index is 12.3. The van der Waals surface area contributed by atoms with Gasteiger partial charge in [0.2, 0.25) is 5.91 Å². The maximum Gasteiger partial charge on any atom is 0.422 e. The molecule has 1 heterocycles. The third kappa shape index (κ3) is 5.76. The van der Waals surface area contributed by atoms with Crippen molar-refractivity contribution in [1.82, 2.24) is 20.3 Å². The van der Waals surface area contributed by atoms with Gasteiger partial charge in [0.25, 0.3) is 0 Å². The van der Waals surface area contributed by atoms with Crippen LogP contribution in [0.15, 0.2) is 24.4 Å². The zero-order chi connectivity index (χ0) is 19.3. The number of carbonyl (C=O) groups excluding carboxylic acids is 1. The van der Waals surface area contributed by atoms with Crippen LogP contribution in [-0.2, 0) is 17.9 Å². The molecule has 0 radical (unpaired) electrons. The zero-order valence-electron chi connectivity index (χ0n) is 13.6. The molecule has 11 heteroatoms. The molecule has 2 N–H and O–H groups in total. The lowest BCUT2D eigenvalue weighted by atomic mass is 10.1. The molecule has 2 aromatic rings. The molecule has 0 bridgehead atoms. The van der Waals surface area contributed by atoms with Crippen molar-refractivity contribution in [2.45, 2.75) is 26.2 Å². The first kappa shape index (κ1) is 19.2. The molecule has 0 unspecified atom stereocenters. The summed E-state index contributed by atoms with van der Waals surface area (Å²) in [5.74, 6) is -1.77. The van der Waals surface area contributed by atoms with Crippen LogP contribution >= 0.6 is 0 Å². The lowest BCUT2D eigenvalue weighted by molar-refractivity contribution is -0.153. The Labute approximate surface area is 145 Å². The Morgan fingerprint density at radius 3 is 2.69 bits per heavy atom. The molecule has 0 saturated carbocycles. The second-order valence-corrected chi connectivity index (χ2v) is 5.40. The summed E-state index contributed by atoms with van der Waals surface area (Å²) in [6, 6.07) is 4.68. The number of carboxylic acids is 1. The van der Waals surface area contributed by atoms with Gasteiger partial charge in [-0.2, -0.15) is 13.2 Å². The first-order valence-corrected chi connectivity index (χ1v) is 7.33. The molecule has 0 saturated heterocycles. The molecule has 140 valence electrons. The van der Waals surface area contributed by atoms with Gasteiger partial charge in [0.1, 0.15) is 12.3 Å². The molecular weight excluding hydrogens is 357 g/mol. The highest BCUT2D eigenvalue weighted by molar-refractivity contribution is 5.84. The standard InChI is InChI=1S/C15H15F3N4O4/c1-9-2-3-10(12(4-9)26-8-15(16,17)18)5-19-13(23)7-22-6-11(14(24)25)20-21-22/h2-4,6H,5,7-8H2,1H3,(H,19,23)(H,24,25). The van der Waals surface area contributed by atoms with Crippen LogP contribution in [0, 0.1) is 6.92 Å². The van der Waals surface area contributed by atoms with E-state index in [1.165, 1.54) is 6.07 Å². The summed E-state index contributed by atoms with van der Waals surface area (Å²) >= 11 is 0. The zero-order valence-corrected chi connectivity index (χ0v) is 13.6. The SMILES string of the molecule is Cc1ccc(CNC(=O)Cn2cc(C(=O)O)nn2)c(OCC(F)(F)F)c1. The van der Waals surface area contributed by atoms with Crippen LogP contribution in [0.4, 0.5) is 13.2 Å². The number of nitrogens with one attached hydrogen (secondary N) is 1. The van der Waals surface area contributed by atoms with Crippen LogP contribution in [0.25, 0.3) is 0 Å². The van der Waals surface area contributed by atoms with E-state index in [1.54, 1.807) is 19.1 Å². The number of aromatic carboxylic acids is 1. The van der Waals surface area contributed by atoms with Crippen molar-refractivity contribution in [2.75, 3.05) is 6.61 Å². The van der Waals surface area contributed by atoms with Gasteiger partial charge in [0.15, 0.2) is 12.3 Å². The maximum atomic E-state index is 12.3. The summed E-state index contributed by atoms with van der Waals surface area (Å²) in [6.07, 6.45) is -3.38. The minimum absolute atomic E-state index is 0.0246. The monoisotopic (exact) mass is 372 g/mol. The fourth-order valence-electron chi connectivity index (χ4n) is 1.97. The van der Waals surface area contributed by atoms with E-state index < -0.39 is 24.7 Å². The molecule has 26 heavy (non-hydrogen) atoms. The Kier molecular flexibility index (Phi) is 5.80. The number of carboxylic acid groups (broad SMARTS) is 1. The molecule has 1 amide bonds. The highest BCUT2D eigenvalue weighted by atomic mass is 19.4. The van der Waals surface area contributed by atoms with Crippen LogP contribution in [0.1, 0.15) is 21.6 Å². The van der Waals surface area contributed by atoms with Gasteiger partial charge < -0.3 is 15.2 Å². The molecule has 0 spiro atoms. The number of halogens is 3. The van der Waals surface area contributed by atoms with Gasteiger partial charge >= 0.3 is 12.1 Å². The quantitative estimate of drug-likeness (QED) is 0.764. The topological polar surface area (TPSA) is 106 Å². The molecule has 0 aliphatic heterocycles. The number of ether oxygens (including phenoxy) is 1. The van der Waals surface area contributed by atoms with E-state index in [0.717, 1.165) is 10.9 Å². The molecule has 0 fully saturated rings. The predicted molar refractivity (Wildman–Crippen MR) is 81.6 cm³/mol. The molecule has 0 aliphatic rings. The Morgan fingerprint density at radius 1 is 1.35 bits per heavy atom. The summed E-state index contributed by atoms with van der Waals surface area (Å²) in [7, 11) is 0. The Morgan fingerprint density at radius 2 is 2.08 bits per heavy atom. The first-order chi connectivity index (χ1) is 12.1. The predicted octanol–water partition coefficient (Wildman–Crippen LogP) is 1.54. The number of aryl methyl sites for hydroxylation is 1. The number of benzene rings is 1. The minimum atomic E-state index is -4.47. The fraction of sp³-hybridized carbons (Fsp3) is 0.333. The highest BCUT2D eigenvalue weighted by Crippen LogP contribution is 2.23. The van der Waals surface area contributed by atoms with Gasteiger partial charge in [0, 0.05) is 12.1 Å². The lowest BCUT2D eigenvalue weighted by Crippen LogP contribution is -2.28. The van der Waals surface area contributed by atoms with Crippen molar-refractivity contribution in [3.63, 3.8) is 0 Å². The van der Waals surface area contributed by atoms with E-state index >= 15 is 0 Å². The van der Waals surface area contributed by atoms with Crippen LogP contribution in [0.5, 0.6) is 5.75 Å². The lowest BCUT2D eigenvalue weighted by Gasteiger charge is -2.14. The number of amides is 1. The number of carbonyl (C=O) groups is 2. The van der Waals surface area contributed by atoms with Crippen LogP contribution in [0.2, 0.25) is 0 Å². The van der Waals surface area contributed by atoms with E-state index in [0.29, 0.717) is 11.1 Å². The van der Waals surface area contributed by atoms with Crippen molar-refractivity contribution in [3.8, 4) is 5.75 Å². The number of rotatable bonds is 7. The van der Waals surface area contributed by atoms with Gasteiger partial charge in [-0.25, -0.2) is 9.48 Å². The number of hydrogen-bond donors (Lipinski definition) is 2. The average Bonchev–Trinajstić information content (AvgIpc) is 3.00. The molecule has 0 atom stereocenters. The van der Waals surface area contributed by atoms with Crippen molar-refractivity contribution in [1.29, 1.82) is 0 Å². The van der Waals surface area contributed by atoms with Gasteiger partial charge in [-0.15, -0.1) is 5.10 Å². The van der Waals surface area contributed by atoms with Crippen molar-refractivity contribution in [3.05, 3.63) is 41.2 Å². The summed E-state index contributed by atoms with van der Waals surface area (Å²) in [4.78, 5) is 22.6. The van der Waals surface area contributed by atoms with Gasteiger partial charge in [0.05, 0.1) is 6.20 Å². The van der Waals surface area contributed by atoms with Crippen LogP contribution in [0.3, 0.4) is 0 Å². The number of hydrogen-bond acceptors (Lipinski definition) is 5. The summed E-state index contributed by atoms with van der Waals surface area (Å²) in [6.45, 7) is -0.0838. The molecular formula is C15H15F3N4O4. The smallest absolute Gasteiger partial charge is 0.422 e. The normalized spacial score (nSPS) is 11.2.